The van der Waals surface area contributed by atoms with E-state index in [4.69, 9.17) is 0 Å². The van der Waals surface area contributed by atoms with Gasteiger partial charge >= 0.3 is 0 Å². The third-order valence-electron chi connectivity index (χ3n) is 4.71. The summed E-state index contributed by atoms with van der Waals surface area (Å²) in [7, 11) is 0. The van der Waals surface area contributed by atoms with E-state index < -0.39 is 18.8 Å². The zero-order chi connectivity index (χ0) is 24.1. The average molecular weight is 590 g/mol. The third-order valence-corrected chi connectivity index (χ3v) is 5.69. The van der Waals surface area contributed by atoms with Gasteiger partial charge in [0.2, 0.25) is 0 Å². The summed E-state index contributed by atoms with van der Waals surface area (Å²) in [4.78, 5) is 16.8. The van der Waals surface area contributed by atoms with Gasteiger partial charge in [0.05, 0.1) is 23.9 Å². The SMILES string of the molecule is OCC(O)C(O)C(/C=N\Nc1ncnc2ccc(Br)cc12)=N/Nc1ncnc2ccc(Br)cc12. The van der Waals surface area contributed by atoms with Crippen LogP contribution in [0.1, 0.15) is 0 Å². The molecule has 2 atom stereocenters. The molecule has 0 radical (unpaired) electrons. The van der Waals surface area contributed by atoms with Crippen LogP contribution in [0.25, 0.3) is 21.8 Å². The normalized spacial score (nSPS) is 14.0. The lowest BCUT2D eigenvalue weighted by Crippen LogP contribution is -2.37. The Bertz CT molecular complexity index is 1390. The highest BCUT2D eigenvalue weighted by atomic mass is 79.9. The Kier molecular flexibility index (Phi) is 7.70. The van der Waals surface area contributed by atoms with E-state index in [1.807, 2.05) is 36.4 Å². The van der Waals surface area contributed by atoms with Gasteiger partial charge in [0.1, 0.15) is 30.6 Å². The maximum atomic E-state index is 10.4. The molecule has 0 saturated carbocycles. The number of nitrogens with one attached hydrogen (secondary N) is 2. The first-order chi connectivity index (χ1) is 16.5. The molecule has 2 unspecified atom stereocenters. The molecule has 5 N–H and O–H groups in total. The van der Waals surface area contributed by atoms with Gasteiger partial charge in [-0.2, -0.15) is 10.2 Å². The predicted molar refractivity (Wildman–Crippen MR) is 137 cm³/mol. The monoisotopic (exact) mass is 588 g/mol. The first-order valence-electron chi connectivity index (χ1n) is 9.86. The van der Waals surface area contributed by atoms with Crippen LogP contribution in [0.5, 0.6) is 0 Å². The number of halogens is 2. The van der Waals surface area contributed by atoms with Crippen molar-refractivity contribution in [1.29, 1.82) is 0 Å². The van der Waals surface area contributed by atoms with Crippen LogP contribution in [-0.4, -0.2) is 66.0 Å². The summed E-state index contributed by atoms with van der Waals surface area (Å²) in [5.41, 5.74) is 6.91. The quantitative estimate of drug-likeness (QED) is 0.154. The summed E-state index contributed by atoms with van der Waals surface area (Å²) in [6.45, 7) is -0.671. The molecule has 0 spiro atoms. The van der Waals surface area contributed by atoms with Gasteiger partial charge in [-0.15, -0.1) is 0 Å². The Morgan fingerprint density at radius 2 is 1.44 bits per heavy atom. The number of nitrogens with zero attached hydrogens (tertiary/aromatic N) is 6. The number of hydrogen-bond acceptors (Lipinski definition) is 11. The summed E-state index contributed by atoms with van der Waals surface area (Å²) >= 11 is 6.83. The van der Waals surface area contributed by atoms with E-state index in [0.29, 0.717) is 28.1 Å². The summed E-state index contributed by atoms with van der Waals surface area (Å²) in [5.74, 6) is 0.807. The Balaban J connectivity index is 1.62. The maximum Gasteiger partial charge on any atom is 0.157 e. The molecule has 4 aromatic rings. The highest BCUT2D eigenvalue weighted by molar-refractivity contribution is 9.10. The summed E-state index contributed by atoms with van der Waals surface area (Å²) in [6.07, 6.45) is 0.980. The molecule has 0 aliphatic carbocycles. The molecular weight excluding hydrogens is 572 g/mol. The van der Waals surface area contributed by atoms with Crippen LogP contribution in [0.3, 0.4) is 0 Å². The van der Waals surface area contributed by atoms with Crippen LogP contribution in [0.4, 0.5) is 11.6 Å². The van der Waals surface area contributed by atoms with Gasteiger partial charge < -0.3 is 15.3 Å². The average Bonchev–Trinajstić information content (AvgIpc) is 2.85. The Labute approximate surface area is 210 Å². The van der Waals surface area contributed by atoms with Crippen molar-refractivity contribution in [1.82, 2.24) is 19.9 Å². The molecule has 0 amide bonds. The molecule has 174 valence electrons. The van der Waals surface area contributed by atoms with E-state index in [0.717, 1.165) is 14.3 Å². The van der Waals surface area contributed by atoms with Gasteiger partial charge in [-0.3, -0.25) is 10.9 Å². The second-order valence-electron chi connectivity index (χ2n) is 6.98. The van der Waals surface area contributed by atoms with E-state index >= 15 is 0 Å². The van der Waals surface area contributed by atoms with Crippen LogP contribution in [-0.2, 0) is 0 Å². The second kappa shape index (κ2) is 10.9. The summed E-state index contributed by atoms with van der Waals surface area (Å²) in [5, 5.41) is 39.3. The molecule has 13 heteroatoms. The van der Waals surface area contributed by atoms with Crippen LogP contribution >= 0.6 is 31.9 Å². The summed E-state index contributed by atoms with van der Waals surface area (Å²) < 4.78 is 1.67. The van der Waals surface area contributed by atoms with E-state index in [1.54, 1.807) is 0 Å². The number of anilines is 2. The first kappa shape index (κ1) is 24.0. The molecule has 2 aromatic heterocycles. The minimum absolute atomic E-state index is 0.0599. The topological polar surface area (TPSA) is 161 Å². The number of rotatable bonds is 8. The van der Waals surface area contributed by atoms with Crippen LogP contribution in [0, 0.1) is 0 Å². The molecule has 4 rings (SSSR count). The predicted octanol–water partition coefficient (Wildman–Crippen LogP) is 2.68. The molecule has 0 aliphatic heterocycles. The van der Waals surface area contributed by atoms with Crippen LogP contribution in [0.2, 0.25) is 0 Å². The number of aliphatic hydroxyl groups excluding tert-OH is 3. The van der Waals surface area contributed by atoms with Crippen molar-refractivity contribution < 1.29 is 15.3 Å². The fourth-order valence-electron chi connectivity index (χ4n) is 2.98. The lowest BCUT2D eigenvalue weighted by Gasteiger charge is -2.15. The van der Waals surface area contributed by atoms with Crippen molar-refractivity contribution in [2.45, 2.75) is 12.2 Å². The van der Waals surface area contributed by atoms with Crippen molar-refractivity contribution >= 4 is 77.2 Å². The molecule has 34 heavy (non-hydrogen) atoms. The first-order valence-corrected chi connectivity index (χ1v) is 11.4. The van der Waals surface area contributed by atoms with Gasteiger partial charge in [0.25, 0.3) is 0 Å². The highest BCUT2D eigenvalue weighted by Gasteiger charge is 2.21. The molecule has 11 nitrogen and oxygen atoms in total. The van der Waals surface area contributed by atoms with Crippen molar-refractivity contribution in [2.75, 3.05) is 17.5 Å². The maximum absolute atomic E-state index is 10.4. The van der Waals surface area contributed by atoms with Gasteiger partial charge in [-0.05, 0) is 36.4 Å². The second-order valence-corrected chi connectivity index (χ2v) is 8.81. The molecule has 2 aromatic carbocycles. The largest absolute Gasteiger partial charge is 0.394 e. The van der Waals surface area contributed by atoms with Crippen LogP contribution in [0.15, 0.2) is 68.2 Å². The van der Waals surface area contributed by atoms with Crippen LogP contribution < -0.4 is 10.9 Å². The number of benzene rings is 2. The minimum atomic E-state index is -1.53. The van der Waals surface area contributed by atoms with Gasteiger partial charge in [-0.1, -0.05) is 31.9 Å². The standard InChI is InChI=1S/C21H18Br2N8O3/c22-11-1-3-15-13(5-11)20(26-9-24-15)30-28-7-17(19(34)18(33)8-32)29-31-21-14-6-12(23)2-4-16(14)25-10-27-21/h1-7,9-10,18-19,32-34H,8H2,(H,24,26,30)(H,25,27,31)/b28-7-,29-17+. The van der Waals surface area contributed by atoms with Crippen molar-refractivity contribution in [2.24, 2.45) is 10.2 Å². The third kappa shape index (κ3) is 5.51. The molecule has 2 heterocycles. The number of hydrogen-bond donors (Lipinski definition) is 5. The van der Waals surface area contributed by atoms with E-state index in [9.17, 15) is 15.3 Å². The fraction of sp³-hybridized carbons (Fsp3) is 0.143. The molecule has 0 bridgehead atoms. The Hall–Kier alpha value is -3.10. The Morgan fingerprint density at radius 1 is 0.882 bits per heavy atom. The molecular formula is C21H18Br2N8O3. The summed E-state index contributed by atoms with van der Waals surface area (Å²) in [6, 6.07) is 11.0. The van der Waals surface area contributed by atoms with E-state index in [-0.39, 0.29) is 5.71 Å². The van der Waals surface area contributed by atoms with Crippen molar-refractivity contribution in [3.8, 4) is 0 Å². The zero-order valence-electron chi connectivity index (χ0n) is 17.3. The van der Waals surface area contributed by atoms with Gasteiger partial charge in [-0.25, -0.2) is 19.9 Å². The fourth-order valence-corrected chi connectivity index (χ4v) is 3.70. The molecule has 0 fully saturated rings. The Morgan fingerprint density at radius 3 is 2.00 bits per heavy atom. The number of aliphatic hydroxyl groups is 3. The lowest BCUT2D eigenvalue weighted by molar-refractivity contribution is 0.0193. The molecule has 0 aliphatic rings. The molecule has 0 saturated heterocycles. The number of hydrazone groups is 2. The highest BCUT2D eigenvalue weighted by Crippen LogP contribution is 2.24. The van der Waals surface area contributed by atoms with Crippen molar-refractivity contribution in [3.05, 3.63) is 58.0 Å². The number of aromatic nitrogens is 4. The smallest absolute Gasteiger partial charge is 0.157 e. The van der Waals surface area contributed by atoms with Gasteiger partial charge in [0.15, 0.2) is 11.6 Å². The van der Waals surface area contributed by atoms with Crippen molar-refractivity contribution in [3.63, 3.8) is 0 Å². The number of fused-ring (bicyclic) bond motifs is 2. The zero-order valence-corrected chi connectivity index (χ0v) is 20.5. The lowest BCUT2D eigenvalue weighted by atomic mass is 10.1. The van der Waals surface area contributed by atoms with Gasteiger partial charge in [0, 0.05) is 19.7 Å². The van der Waals surface area contributed by atoms with E-state index in [2.05, 4.69) is 72.9 Å². The van der Waals surface area contributed by atoms with E-state index in [1.165, 1.54) is 18.9 Å². The minimum Gasteiger partial charge on any atom is -0.394 e.